The maximum absolute atomic E-state index is 12.7. The first-order valence-corrected chi connectivity index (χ1v) is 8.06. The first-order chi connectivity index (χ1) is 10.0. The number of carbonyl (C=O) groups is 1. The van der Waals surface area contributed by atoms with Gasteiger partial charge in [-0.15, -0.1) is 0 Å². The zero-order valence-corrected chi connectivity index (χ0v) is 13.7. The number of amides is 1. The van der Waals surface area contributed by atoms with Crippen molar-refractivity contribution in [2.24, 2.45) is 0 Å². The number of nitrogens with zero attached hydrogens (tertiary/aromatic N) is 2. The van der Waals surface area contributed by atoms with E-state index in [0.717, 1.165) is 49.2 Å². The molecule has 21 heavy (non-hydrogen) atoms. The van der Waals surface area contributed by atoms with E-state index in [1.807, 2.05) is 25.8 Å². The van der Waals surface area contributed by atoms with Gasteiger partial charge in [0.1, 0.15) is 0 Å². The highest BCUT2D eigenvalue weighted by atomic mass is 16.2. The van der Waals surface area contributed by atoms with Crippen LogP contribution in [-0.4, -0.2) is 46.7 Å². The Morgan fingerprint density at radius 2 is 2.00 bits per heavy atom. The third kappa shape index (κ3) is 3.64. The number of aromatic nitrogens is 2. The van der Waals surface area contributed by atoms with Crippen LogP contribution in [0.2, 0.25) is 0 Å². The zero-order valence-electron chi connectivity index (χ0n) is 13.7. The molecule has 1 aliphatic carbocycles. The van der Waals surface area contributed by atoms with E-state index < -0.39 is 0 Å². The minimum Gasteiger partial charge on any atom is -0.339 e. The van der Waals surface area contributed by atoms with Crippen molar-refractivity contribution in [2.45, 2.75) is 65.0 Å². The van der Waals surface area contributed by atoms with Crippen LogP contribution in [0.25, 0.3) is 0 Å². The molecule has 0 saturated heterocycles. The Balaban J connectivity index is 1.93. The summed E-state index contributed by atoms with van der Waals surface area (Å²) in [7, 11) is 1.93. The number of aromatic amines is 1. The number of hydrogen-bond donors (Lipinski definition) is 2. The molecule has 0 bridgehead atoms. The second-order valence-electron chi connectivity index (χ2n) is 6.18. The lowest BCUT2D eigenvalue weighted by molar-refractivity contribution is 0.0683. The molecule has 1 saturated carbocycles. The van der Waals surface area contributed by atoms with Crippen molar-refractivity contribution >= 4 is 5.91 Å². The molecule has 1 aliphatic rings. The zero-order chi connectivity index (χ0) is 15.4. The van der Waals surface area contributed by atoms with Gasteiger partial charge in [-0.3, -0.25) is 9.89 Å². The van der Waals surface area contributed by atoms with E-state index in [2.05, 4.69) is 22.4 Å². The van der Waals surface area contributed by atoms with Crippen LogP contribution in [0.5, 0.6) is 0 Å². The van der Waals surface area contributed by atoms with Crippen LogP contribution in [0, 0.1) is 13.8 Å². The Morgan fingerprint density at radius 3 is 2.52 bits per heavy atom. The lowest BCUT2D eigenvalue weighted by Gasteiger charge is -2.35. The van der Waals surface area contributed by atoms with E-state index >= 15 is 0 Å². The lowest BCUT2D eigenvalue weighted by Crippen LogP contribution is -2.43. The van der Waals surface area contributed by atoms with E-state index in [9.17, 15) is 4.79 Å². The van der Waals surface area contributed by atoms with Gasteiger partial charge >= 0.3 is 0 Å². The number of carbonyl (C=O) groups excluding carboxylic acids is 1. The molecular formula is C16H28N4O. The highest BCUT2D eigenvalue weighted by Crippen LogP contribution is 2.24. The Bertz CT molecular complexity index is 455. The molecule has 118 valence electrons. The molecule has 0 spiro atoms. The number of H-pyrrole nitrogens is 1. The van der Waals surface area contributed by atoms with Crippen molar-refractivity contribution in [2.75, 3.05) is 13.6 Å². The van der Waals surface area contributed by atoms with E-state index in [-0.39, 0.29) is 5.91 Å². The second kappa shape index (κ2) is 7.07. The summed E-state index contributed by atoms with van der Waals surface area (Å²) in [6.07, 6.45) is 5.66. The SMILES string of the molecule is CCCNC1CCC(N(C)C(=O)c2c(C)n[nH]c2C)CC1. The second-order valence-corrected chi connectivity index (χ2v) is 6.18. The molecule has 5 nitrogen and oxygen atoms in total. The lowest BCUT2D eigenvalue weighted by atomic mass is 9.90. The summed E-state index contributed by atoms with van der Waals surface area (Å²) in [5, 5.41) is 10.6. The van der Waals surface area contributed by atoms with Gasteiger partial charge in [0.05, 0.1) is 11.3 Å². The fraction of sp³-hybridized carbons (Fsp3) is 0.750. The van der Waals surface area contributed by atoms with Crippen molar-refractivity contribution in [3.63, 3.8) is 0 Å². The van der Waals surface area contributed by atoms with Crippen molar-refractivity contribution in [1.29, 1.82) is 0 Å². The van der Waals surface area contributed by atoms with Gasteiger partial charge < -0.3 is 10.2 Å². The van der Waals surface area contributed by atoms with Gasteiger partial charge in [-0.25, -0.2) is 0 Å². The van der Waals surface area contributed by atoms with Crippen LogP contribution >= 0.6 is 0 Å². The van der Waals surface area contributed by atoms with Crippen LogP contribution in [0.3, 0.4) is 0 Å². The predicted octanol–water partition coefficient (Wildman–Crippen LogP) is 2.41. The minimum absolute atomic E-state index is 0.101. The predicted molar refractivity (Wildman–Crippen MR) is 84.5 cm³/mol. The number of hydrogen-bond acceptors (Lipinski definition) is 3. The van der Waals surface area contributed by atoms with Gasteiger partial charge in [0.2, 0.25) is 0 Å². The summed E-state index contributed by atoms with van der Waals surface area (Å²) in [6, 6.07) is 0.980. The Morgan fingerprint density at radius 1 is 1.33 bits per heavy atom. The molecule has 0 aliphatic heterocycles. The molecule has 0 radical (unpaired) electrons. The molecule has 1 amide bonds. The summed E-state index contributed by atoms with van der Waals surface area (Å²) < 4.78 is 0. The van der Waals surface area contributed by atoms with Gasteiger partial charge in [-0.05, 0) is 52.5 Å². The minimum atomic E-state index is 0.101. The van der Waals surface area contributed by atoms with Crippen molar-refractivity contribution < 1.29 is 4.79 Å². The van der Waals surface area contributed by atoms with Crippen LogP contribution in [0.15, 0.2) is 0 Å². The van der Waals surface area contributed by atoms with Crippen molar-refractivity contribution in [3.05, 3.63) is 17.0 Å². The van der Waals surface area contributed by atoms with Crippen molar-refractivity contribution in [3.8, 4) is 0 Å². The van der Waals surface area contributed by atoms with Crippen LogP contribution in [0.4, 0.5) is 0 Å². The van der Waals surface area contributed by atoms with Crippen molar-refractivity contribution in [1.82, 2.24) is 20.4 Å². The van der Waals surface area contributed by atoms with Gasteiger partial charge in [0.25, 0.3) is 5.91 Å². The number of nitrogens with one attached hydrogen (secondary N) is 2. The normalized spacial score (nSPS) is 22.3. The monoisotopic (exact) mass is 292 g/mol. The topological polar surface area (TPSA) is 61.0 Å². The molecule has 0 unspecified atom stereocenters. The summed E-state index contributed by atoms with van der Waals surface area (Å²) in [5.41, 5.74) is 2.40. The summed E-state index contributed by atoms with van der Waals surface area (Å²) >= 11 is 0. The molecule has 1 aromatic heterocycles. The molecule has 2 N–H and O–H groups in total. The Labute approximate surface area is 127 Å². The first kappa shape index (κ1) is 16.0. The Hall–Kier alpha value is -1.36. The molecule has 0 aromatic carbocycles. The van der Waals surface area contributed by atoms with E-state index in [4.69, 9.17) is 0 Å². The molecule has 0 atom stereocenters. The van der Waals surface area contributed by atoms with Gasteiger partial charge in [-0.2, -0.15) is 5.10 Å². The highest BCUT2D eigenvalue weighted by molar-refractivity contribution is 5.96. The quantitative estimate of drug-likeness (QED) is 0.876. The third-order valence-corrected chi connectivity index (χ3v) is 4.59. The van der Waals surface area contributed by atoms with Crippen LogP contribution < -0.4 is 5.32 Å². The standard InChI is InChI=1S/C16H28N4O/c1-5-10-17-13-6-8-14(9-7-13)20(4)16(21)15-11(2)18-19-12(15)3/h13-14,17H,5-10H2,1-4H3,(H,18,19). The highest BCUT2D eigenvalue weighted by Gasteiger charge is 2.28. The van der Waals surface area contributed by atoms with Crippen LogP contribution in [-0.2, 0) is 0 Å². The summed E-state index contributed by atoms with van der Waals surface area (Å²) in [6.45, 7) is 7.08. The first-order valence-electron chi connectivity index (χ1n) is 8.06. The maximum atomic E-state index is 12.7. The van der Waals surface area contributed by atoms with Gasteiger partial charge in [0.15, 0.2) is 0 Å². The largest absolute Gasteiger partial charge is 0.339 e. The molecule has 1 aromatic rings. The van der Waals surface area contributed by atoms with Crippen LogP contribution in [0.1, 0.15) is 60.8 Å². The molecule has 1 heterocycles. The summed E-state index contributed by atoms with van der Waals surface area (Å²) in [4.78, 5) is 14.6. The number of rotatable bonds is 5. The van der Waals surface area contributed by atoms with Gasteiger partial charge in [-0.1, -0.05) is 6.92 Å². The van der Waals surface area contributed by atoms with E-state index in [0.29, 0.717) is 12.1 Å². The fourth-order valence-corrected chi connectivity index (χ4v) is 3.22. The molecular weight excluding hydrogens is 264 g/mol. The maximum Gasteiger partial charge on any atom is 0.257 e. The van der Waals surface area contributed by atoms with E-state index in [1.165, 1.54) is 6.42 Å². The summed E-state index contributed by atoms with van der Waals surface area (Å²) in [5.74, 6) is 0.101. The fourth-order valence-electron chi connectivity index (χ4n) is 3.22. The third-order valence-electron chi connectivity index (χ3n) is 4.59. The van der Waals surface area contributed by atoms with E-state index in [1.54, 1.807) is 0 Å². The average Bonchev–Trinajstić information content (AvgIpc) is 2.83. The van der Waals surface area contributed by atoms with Gasteiger partial charge in [0, 0.05) is 24.8 Å². The smallest absolute Gasteiger partial charge is 0.257 e. The average molecular weight is 292 g/mol. The molecule has 1 fully saturated rings. The molecule has 2 rings (SSSR count). The number of aryl methyl sites for hydroxylation is 2. The Kier molecular flexibility index (Phi) is 5.39. The molecule has 5 heteroatoms.